The predicted octanol–water partition coefficient (Wildman–Crippen LogP) is 3.20. The molecule has 0 amide bonds. The van der Waals surface area contributed by atoms with Gasteiger partial charge in [0, 0.05) is 43.9 Å². The molecule has 14 nitrogen and oxygen atoms in total. The van der Waals surface area contributed by atoms with Gasteiger partial charge in [0.05, 0.1) is 47.6 Å². The lowest BCUT2D eigenvalue weighted by atomic mass is 9.74. The van der Waals surface area contributed by atoms with Gasteiger partial charge in [-0.05, 0) is 73.3 Å². The second-order valence-electron chi connectivity index (χ2n) is 19.0. The van der Waals surface area contributed by atoms with Crippen molar-refractivity contribution in [1.82, 2.24) is 4.90 Å². The summed E-state index contributed by atoms with van der Waals surface area (Å²) in [4.78, 5) is 30.2. The molecule has 3 rings (SSSR count). The summed E-state index contributed by atoms with van der Waals surface area (Å²) >= 11 is 0. The maximum atomic E-state index is 14.2. The summed E-state index contributed by atoms with van der Waals surface area (Å²) in [6.45, 7) is 23.5. The first kappa shape index (κ1) is 48.1. The minimum atomic E-state index is -2.00. The second-order valence-corrected chi connectivity index (χ2v) is 19.0. The van der Waals surface area contributed by atoms with Gasteiger partial charge in [-0.2, -0.15) is 0 Å². The van der Waals surface area contributed by atoms with Crippen molar-refractivity contribution < 1.29 is 63.5 Å². The van der Waals surface area contributed by atoms with Crippen molar-refractivity contribution in [1.29, 1.82) is 0 Å². The van der Waals surface area contributed by atoms with Crippen molar-refractivity contribution in [3.8, 4) is 0 Å². The molecule has 0 aromatic rings. The minimum Gasteiger partial charge on any atom is -0.459 e. The number of esters is 1. The maximum Gasteiger partial charge on any atom is 0.311 e. The molecule has 3 saturated heterocycles. The largest absolute Gasteiger partial charge is 0.459 e. The van der Waals surface area contributed by atoms with Crippen molar-refractivity contribution in [2.75, 3.05) is 20.7 Å². The standard InChI is InChI=1S/C41H75NO13/c1-16-28-41(13,49)33(45)23(4)30(43)21(2)18-39(11,48)35(55-37-31(44)27(17-22(3)51-37)42(14)20-38(8,9)10)24(5)32(25(6)36(47)53-28)54-29-19-40(12,50-15)34(46)26(7)52-29/h21-29,31-35,37,44-46,48-49H,16-20H2,1-15H3/t21-,22-,23+,24+,25-,26+,27+,28-,29+,31-,32+,33-,34+,35-,37?,39-,40-,41-/m1/s1. The first-order valence-corrected chi connectivity index (χ1v) is 20.2. The first-order valence-electron chi connectivity index (χ1n) is 20.2. The maximum absolute atomic E-state index is 14.2. The number of Topliss-reactive ketones (excluding diaryl/α,β-unsaturated/α-hetero) is 1. The molecule has 55 heavy (non-hydrogen) atoms. The summed E-state index contributed by atoms with van der Waals surface area (Å²) in [5, 5.41) is 58.4. The third kappa shape index (κ3) is 11.1. The molecule has 0 spiro atoms. The summed E-state index contributed by atoms with van der Waals surface area (Å²) in [6, 6.07) is -0.343. The number of cyclic esters (lactones) is 1. The monoisotopic (exact) mass is 790 g/mol. The van der Waals surface area contributed by atoms with E-state index in [1.807, 2.05) is 14.0 Å². The summed E-state index contributed by atoms with van der Waals surface area (Å²) < 4.78 is 37.5. The molecule has 3 fully saturated rings. The van der Waals surface area contributed by atoms with Crippen LogP contribution >= 0.6 is 0 Å². The zero-order valence-electron chi connectivity index (χ0n) is 36.1. The van der Waals surface area contributed by atoms with Gasteiger partial charge in [0.2, 0.25) is 0 Å². The van der Waals surface area contributed by atoms with Gasteiger partial charge >= 0.3 is 5.97 Å². The molecular weight excluding hydrogens is 714 g/mol. The van der Waals surface area contributed by atoms with Crippen molar-refractivity contribution >= 4 is 11.8 Å². The average molecular weight is 790 g/mol. The van der Waals surface area contributed by atoms with Crippen LogP contribution in [0, 0.1) is 29.1 Å². The Bertz CT molecular complexity index is 1270. The SMILES string of the molecule is CC[C@H]1OC(=O)[C@H](C)[C@@H](O[C@H]2C[C@@](C)(OC)[C@@H](O)[C@H](C)O2)[C@H](C)[C@@H](OC2O[C@H](C)C[C@H](N(C)CC(C)(C)C)[C@H]2O)[C@](C)(O)C[C@@H](C)C(=O)[C@H](C)[C@@H](O)[C@]1(C)O. The Labute approximate surface area is 329 Å². The van der Waals surface area contributed by atoms with Crippen LogP contribution in [0.1, 0.15) is 116 Å². The molecule has 5 N–H and O–H groups in total. The Morgan fingerprint density at radius 2 is 1.49 bits per heavy atom. The number of hydrogen-bond acceptors (Lipinski definition) is 14. The van der Waals surface area contributed by atoms with E-state index in [1.165, 1.54) is 27.9 Å². The second kappa shape index (κ2) is 18.3. The average Bonchev–Trinajstić information content (AvgIpc) is 3.08. The molecule has 0 aromatic heterocycles. The molecule has 0 aromatic carbocycles. The molecule has 1 unspecified atom stereocenters. The smallest absolute Gasteiger partial charge is 0.311 e. The number of ether oxygens (including phenoxy) is 6. The molecule has 322 valence electrons. The predicted molar refractivity (Wildman–Crippen MR) is 205 cm³/mol. The zero-order chi connectivity index (χ0) is 42.2. The number of hydrogen-bond donors (Lipinski definition) is 5. The van der Waals surface area contributed by atoms with Gasteiger partial charge in [0.1, 0.15) is 29.7 Å². The summed E-state index contributed by atoms with van der Waals surface area (Å²) in [6.07, 6.45) is -9.83. The van der Waals surface area contributed by atoms with Crippen LogP contribution in [0.5, 0.6) is 0 Å². The fourth-order valence-corrected chi connectivity index (χ4v) is 9.20. The van der Waals surface area contributed by atoms with E-state index < -0.39 is 108 Å². The van der Waals surface area contributed by atoms with Crippen molar-refractivity contribution in [3.63, 3.8) is 0 Å². The Kier molecular flexibility index (Phi) is 16.0. The van der Waals surface area contributed by atoms with Gasteiger partial charge in [-0.3, -0.25) is 9.59 Å². The van der Waals surface area contributed by atoms with E-state index in [0.717, 1.165) is 0 Å². The molecule has 3 heterocycles. The van der Waals surface area contributed by atoms with Gasteiger partial charge in [-0.15, -0.1) is 0 Å². The first-order chi connectivity index (χ1) is 25.1. The highest BCUT2D eigenvalue weighted by Gasteiger charge is 2.53. The van der Waals surface area contributed by atoms with Gasteiger partial charge in [0.25, 0.3) is 0 Å². The van der Waals surface area contributed by atoms with Crippen molar-refractivity contribution in [2.24, 2.45) is 29.1 Å². The molecule has 0 bridgehead atoms. The van der Waals surface area contributed by atoms with Gasteiger partial charge in [-0.25, -0.2) is 0 Å². The number of rotatable bonds is 8. The van der Waals surface area contributed by atoms with Gasteiger partial charge in [-0.1, -0.05) is 48.5 Å². The fraction of sp³-hybridized carbons (Fsp3) is 0.951. The van der Waals surface area contributed by atoms with Crippen molar-refractivity contribution in [3.05, 3.63) is 0 Å². The van der Waals surface area contributed by atoms with Crippen LogP contribution in [-0.2, 0) is 38.0 Å². The number of ketones is 1. The highest BCUT2D eigenvalue weighted by atomic mass is 16.7. The number of carbonyl (C=O) groups is 2. The van der Waals surface area contributed by atoms with Crippen molar-refractivity contribution in [2.45, 2.75) is 200 Å². The fourth-order valence-electron chi connectivity index (χ4n) is 9.20. The normalized spacial score (nSPS) is 47.3. The molecular formula is C41H75NO13. The van der Waals surface area contributed by atoms with Crippen LogP contribution in [0.15, 0.2) is 0 Å². The molecule has 3 aliphatic heterocycles. The van der Waals surface area contributed by atoms with Crippen LogP contribution < -0.4 is 0 Å². The third-order valence-corrected chi connectivity index (χ3v) is 12.4. The summed E-state index contributed by atoms with van der Waals surface area (Å²) in [7, 11) is 3.44. The van der Waals surface area contributed by atoms with Crippen LogP contribution in [-0.4, -0.2) is 147 Å². The Balaban J connectivity index is 2.18. The number of carbonyl (C=O) groups excluding carboxylic acids is 2. The van der Waals surface area contributed by atoms with E-state index in [0.29, 0.717) is 13.0 Å². The topological polar surface area (TPSA) is 194 Å². The third-order valence-electron chi connectivity index (χ3n) is 12.4. The Hall–Kier alpha value is -1.30. The highest BCUT2D eigenvalue weighted by Crippen LogP contribution is 2.41. The minimum absolute atomic E-state index is 0.0593. The number of aliphatic hydroxyl groups is 5. The molecule has 18 atom stereocenters. The zero-order valence-corrected chi connectivity index (χ0v) is 36.1. The van der Waals surface area contributed by atoms with E-state index in [9.17, 15) is 35.1 Å². The number of nitrogens with zero attached hydrogens (tertiary/aromatic N) is 1. The van der Waals surface area contributed by atoms with Gasteiger partial charge < -0.3 is 58.9 Å². The quantitative estimate of drug-likeness (QED) is 0.225. The van der Waals surface area contributed by atoms with E-state index in [2.05, 4.69) is 25.7 Å². The lowest BCUT2D eigenvalue weighted by Crippen LogP contribution is -2.61. The molecule has 0 saturated carbocycles. The summed E-state index contributed by atoms with van der Waals surface area (Å²) in [5.74, 6) is -5.01. The highest BCUT2D eigenvalue weighted by molar-refractivity contribution is 5.83. The lowest BCUT2D eigenvalue weighted by Gasteiger charge is -2.49. The van der Waals surface area contributed by atoms with E-state index >= 15 is 0 Å². The number of methoxy groups -OCH3 is 1. The van der Waals surface area contributed by atoms with E-state index in [4.69, 9.17) is 28.4 Å². The lowest BCUT2D eigenvalue weighted by molar-refractivity contribution is -0.318. The van der Waals surface area contributed by atoms with Crippen LogP contribution in [0.3, 0.4) is 0 Å². The van der Waals surface area contributed by atoms with Crippen LogP contribution in [0.4, 0.5) is 0 Å². The van der Waals surface area contributed by atoms with Crippen LogP contribution in [0.2, 0.25) is 0 Å². The molecule has 14 heteroatoms. The molecule has 0 radical (unpaired) electrons. The number of likely N-dealkylation sites (N-methyl/N-ethyl adjacent to an activating group) is 1. The summed E-state index contributed by atoms with van der Waals surface area (Å²) in [5.41, 5.74) is -4.93. The van der Waals surface area contributed by atoms with Crippen LogP contribution in [0.25, 0.3) is 0 Å². The van der Waals surface area contributed by atoms with Gasteiger partial charge in [0.15, 0.2) is 12.6 Å². The van der Waals surface area contributed by atoms with E-state index in [-0.39, 0.29) is 36.8 Å². The molecule has 0 aliphatic carbocycles. The Morgan fingerprint density at radius 1 is 0.891 bits per heavy atom. The Morgan fingerprint density at radius 3 is 2.04 bits per heavy atom. The molecule has 3 aliphatic rings. The number of aliphatic hydroxyl groups excluding tert-OH is 3. The van der Waals surface area contributed by atoms with E-state index in [1.54, 1.807) is 41.5 Å².